The predicted octanol–water partition coefficient (Wildman–Crippen LogP) is 1.92. The molecule has 0 fully saturated rings. The maximum atomic E-state index is 11.7. The molecular weight excluding hydrogens is 259 g/mol. The SMILES string of the molecule is O=C([Se]c1ccccc1)c1cccs1. The average Bonchev–Trinajstić information content (AvgIpc) is 2.72. The van der Waals surface area contributed by atoms with Crippen LogP contribution in [0.25, 0.3) is 0 Å². The van der Waals surface area contributed by atoms with Crippen LogP contribution in [0.3, 0.4) is 0 Å². The fraction of sp³-hybridized carbons (Fsp3) is 0. The van der Waals surface area contributed by atoms with E-state index in [4.69, 9.17) is 0 Å². The summed E-state index contributed by atoms with van der Waals surface area (Å²) in [6.07, 6.45) is 0. The van der Waals surface area contributed by atoms with Crippen molar-refractivity contribution in [3.63, 3.8) is 0 Å². The van der Waals surface area contributed by atoms with E-state index in [-0.39, 0.29) is 19.6 Å². The summed E-state index contributed by atoms with van der Waals surface area (Å²) in [5, 5.41) is 1.94. The van der Waals surface area contributed by atoms with Crippen LogP contribution in [0.1, 0.15) is 9.67 Å². The molecular formula is C11H8OSSe. The van der Waals surface area contributed by atoms with Gasteiger partial charge in [-0.3, -0.25) is 0 Å². The molecule has 0 amide bonds. The molecule has 0 spiro atoms. The van der Waals surface area contributed by atoms with Crippen LogP contribution in [0.4, 0.5) is 0 Å². The molecule has 0 aliphatic carbocycles. The summed E-state index contributed by atoms with van der Waals surface area (Å²) in [6, 6.07) is 13.7. The number of thiophene rings is 1. The number of hydrogen-bond acceptors (Lipinski definition) is 2. The van der Waals surface area contributed by atoms with Gasteiger partial charge < -0.3 is 0 Å². The summed E-state index contributed by atoms with van der Waals surface area (Å²) in [6.45, 7) is 0. The fourth-order valence-corrected chi connectivity index (χ4v) is 3.54. The molecule has 1 nitrogen and oxygen atoms in total. The van der Waals surface area contributed by atoms with Gasteiger partial charge in [-0.05, 0) is 0 Å². The van der Waals surface area contributed by atoms with Crippen LogP contribution in [0.2, 0.25) is 0 Å². The van der Waals surface area contributed by atoms with Crippen LogP contribution in [0, 0.1) is 0 Å². The Hall–Kier alpha value is -0.891. The van der Waals surface area contributed by atoms with Gasteiger partial charge in [-0.15, -0.1) is 0 Å². The molecule has 1 aromatic heterocycles. The Bertz CT molecular complexity index is 408. The van der Waals surface area contributed by atoms with Crippen LogP contribution in [-0.4, -0.2) is 19.6 Å². The molecule has 0 aliphatic rings. The van der Waals surface area contributed by atoms with E-state index in [1.54, 1.807) is 0 Å². The second-order valence-corrected chi connectivity index (χ2v) is 5.82. The van der Waals surface area contributed by atoms with Crippen molar-refractivity contribution in [3.05, 3.63) is 52.7 Å². The molecule has 70 valence electrons. The Morgan fingerprint density at radius 2 is 1.86 bits per heavy atom. The molecule has 0 atom stereocenters. The number of hydrogen-bond donors (Lipinski definition) is 0. The Kier molecular flexibility index (Phi) is 3.14. The van der Waals surface area contributed by atoms with E-state index < -0.39 is 0 Å². The van der Waals surface area contributed by atoms with Crippen LogP contribution in [0.15, 0.2) is 47.8 Å². The predicted molar refractivity (Wildman–Crippen MR) is 60.5 cm³/mol. The van der Waals surface area contributed by atoms with Crippen LogP contribution in [-0.2, 0) is 0 Å². The van der Waals surface area contributed by atoms with E-state index in [2.05, 4.69) is 0 Å². The van der Waals surface area contributed by atoms with Crippen molar-refractivity contribution in [2.24, 2.45) is 0 Å². The van der Waals surface area contributed by atoms with Gasteiger partial charge in [-0.2, -0.15) is 0 Å². The minimum absolute atomic E-state index is 0.0773. The van der Waals surface area contributed by atoms with Gasteiger partial charge in [0.05, 0.1) is 0 Å². The summed E-state index contributed by atoms with van der Waals surface area (Å²) in [4.78, 5) is 12.6. The Labute approximate surface area is 92.9 Å². The molecule has 0 saturated carbocycles. The Morgan fingerprint density at radius 3 is 2.50 bits per heavy atom. The van der Waals surface area contributed by atoms with Crippen LogP contribution < -0.4 is 4.46 Å². The van der Waals surface area contributed by atoms with Crippen molar-refractivity contribution in [2.45, 2.75) is 0 Å². The van der Waals surface area contributed by atoms with Crippen molar-refractivity contribution in [3.8, 4) is 0 Å². The van der Waals surface area contributed by atoms with E-state index in [9.17, 15) is 4.79 Å². The van der Waals surface area contributed by atoms with Crippen molar-refractivity contribution >= 4 is 35.4 Å². The quantitative estimate of drug-likeness (QED) is 0.776. The molecule has 0 bridgehead atoms. The van der Waals surface area contributed by atoms with Gasteiger partial charge in [-0.1, -0.05) is 0 Å². The van der Waals surface area contributed by atoms with Crippen molar-refractivity contribution < 1.29 is 4.79 Å². The summed E-state index contributed by atoms with van der Waals surface area (Å²) < 4.78 is 1.40. The van der Waals surface area contributed by atoms with E-state index >= 15 is 0 Å². The summed E-state index contributed by atoms with van der Waals surface area (Å²) in [7, 11) is 0. The Morgan fingerprint density at radius 1 is 1.07 bits per heavy atom. The first-order valence-electron chi connectivity index (χ1n) is 4.17. The van der Waals surface area contributed by atoms with Gasteiger partial charge in [-0.25, -0.2) is 0 Å². The fourth-order valence-electron chi connectivity index (χ4n) is 1.04. The van der Waals surface area contributed by atoms with Crippen molar-refractivity contribution in [1.82, 2.24) is 0 Å². The zero-order valence-electron chi connectivity index (χ0n) is 7.34. The van der Waals surface area contributed by atoms with E-state index in [0.29, 0.717) is 0 Å². The maximum absolute atomic E-state index is 11.7. The molecule has 0 unspecified atom stereocenters. The monoisotopic (exact) mass is 268 g/mol. The topological polar surface area (TPSA) is 17.1 Å². The van der Waals surface area contributed by atoms with Crippen molar-refractivity contribution in [1.29, 1.82) is 0 Å². The molecule has 0 radical (unpaired) electrons. The van der Waals surface area contributed by atoms with E-state index in [1.807, 2.05) is 47.8 Å². The summed E-state index contributed by atoms with van der Waals surface area (Å²) >= 11 is 1.44. The normalized spacial score (nSPS) is 10.0. The van der Waals surface area contributed by atoms with Gasteiger partial charge in [0, 0.05) is 0 Å². The van der Waals surface area contributed by atoms with E-state index in [1.165, 1.54) is 11.3 Å². The molecule has 14 heavy (non-hydrogen) atoms. The van der Waals surface area contributed by atoms with Crippen LogP contribution >= 0.6 is 11.3 Å². The van der Waals surface area contributed by atoms with E-state index in [0.717, 1.165) is 9.34 Å². The van der Waals surface area contributed by atoms with Gasteiger partial charge in [0.2, 0.25) is 0 Å². The summed E-state index contributed by atoms with van der Waals surface area (Å²) in [5.74, 6) is 0. The molecule has 1 heterocycles. The number of benzene rings is 1. The first-order valence-corrected chi connectivity index (χ1v) is 6.76. The molecule has 3 heteroatoms. The second kappa shape index (κ2) is 4.56. The first kappa shape index (κ1) is 9.66. The minimum atomic E-state index is -0.0773. The average molecular weight is 267 g/mol. The molecule has 0 N–H and O–H groups in total. The molecule has 0 saturated heterocycles. The van der Waals surface area contributed by atoms with Gasteiger partial charge >= 0.3 is 93.0 Å². The summed E-state index contributed by atoms with van der Waals surface area (Å²) in [5.41, 5.74) is 0. The first-order chi connectivity index (χ1) is 6.86. The Balaban J connectivity index is 2.10. The number of rotatable bonds is 3. The van der Waals surface area contributed by atoms with Gasteiger partial charge in [0.15, 0.2) is 0 Å². The zero-order chi connectivity index (χ0) is 9.80. The molecule has 1 aromatic carbocycles. The third kappa shape index (κ3) is 2.32. The molecule has 2 aromatic rings. The standard InChI is InChI=1S/C11H8OSSe/c12-11(10-7-4-8-13-10)14-9-5-2-1-3-6-9/h1-8H. The van der Waals surface area contributed by atoms with Gasteiger partial charge in [0.1, 0.15) is 0 Å². The zero-order valence-corrected chi connectivity index (χ0v) is 9.87. The second-order valence-electron chi connectivity index (χ2n) is 2.68. The number of carbonyl (C=O) groups is 1. The molecule has 2 rings (SSSR count). The van der Waals surface area contributed by atoms with Crippen LogP contribution in [0.5, 0.6) is 0 Å². The number of carbonyl (C=O) groups excluding carboxylic acids is 1. The van der Waals surface area contributed by atoms with Crippen molar-refractivity contribution in [2.75, 3.05) is 0 Å². The van der Waals surface area contributed by atoms with Gasteiger partial charge in [0.25, 0.3) is 0 Å². The third-order valence-electron chi connectivity index (χ3n) is 1.68. The third-order valence-corrected chi connectivity index (χ3v) is 4.75. The molecule has 0 aliphatic heterocycles.